The molecule has 0 fully saturated rings. The van der Waals surface area contributed by atoms with Gasteiger partial charge in [0.25, 0.3) is 0 Å². The van der Waals surface area contributed by atoms with Crippen molar-refractivity contribution < 1.29 is 28.4 Å². The zero-order chi connectivity index (χ0) is 10.5. The van der Waals surface area contributed by atoms with Crippen molar-refractivity contribution in [3.05, 3.63) is 0 Å². The molecule has 0 aromatic rings. The van der Waals surface area contributed by atoms with Gasteiger partial charge in [0.05, 0.1) is 12.5 Å². The van der Waals surface area contributed by atoms with Gasteiger partial charge < -0.3 is 14.5 Å². The van der Waals surface area contributed by atoms with Crippen molar-refractivity contribution in [2.75, 3.05) is 13.2 Å². The van der Waals surface area contributed by atoms with Crippen LogP contribution in [-0.4, -0.2) is 29.0 Å². The van der Waals surface area contributed by atoms with Crippen LogP contribution in [0.2, 0.25) is 0 Å². The molecule has 0 heterocycles. The fourth-order valence-corrected chi connectivity index (χ4v) is 0.777. The summed E-state index contributed by atoms with van der Waals surface area (Å²) in [6, 6.07) is 0. The van der Waals surface area contributed by atoms with Gasteiger partial charge in [-0.15, -0.1) is 0 Å². The first kappa shape index (κ1) is 12.6. The Balaban J connectivity index is 3.47. The highest BCUT2D eigenvalue weighted by Crippen LogP contribution is 2.35. The lowest BCUT2D eigenvalue weighted by molar-refractivity contribution is -0.148. The van der Waals surface area contributed by atoms with E-state index in [4.69, 9.17) is 9.79 Å². The molecule has 2 N–H and O–H groups in total. The van der Waals surface area contributed by atoms with Gasteiger partial charge in [-0.2, -0.15) is 0 Å². The highest BCUT2D eigenvalue weighted by molar-refractivity contribution is 7.46. The second kappa shape index (κ2) is 5.34. The van der Waals surface area contributed by atoms with Crippen molar-refractivity contribution >= 4 is 13.8 Å². The number of rotatable bonds is 5. The van der Waals surface area contributed by atoms with Crippen LogP contribution in [0.15, 0.2) is 0 Å². The van der Waals surface area contributed by atoms with Gasteiger partial charge in [-0.05, 0) is 0 Å². The molecular weight excluding hydrogens is 199 g/mol. The van der Waals surface area contributed by atoms with Crippen LogP contribution in [-0.2, 0) is 18.6 Å². The Morgan fingerprint density at radius 1 is 1.38 bits per heavy atom. The molecule has 0 bridgehead atoms. The number of hydrogen-bond acceptors (Lipinski definition) is 4. The molecular formula is C6H13O6P. The topological polar surface area (TPSA) is 93.1 Å². The van der Waals surface area contributed by atoms with Gasteiger partial charge in [0, 0.05) is 0 Å². The van der Waals surface area contributed by atoms with Crippen molar-refractivity contribution in [3.8, 4) is 0 Å². The Bertz CT molecular complexity index is 207. The van der Waals surface area contributed by atoms with E-state index in [0.29, 0.717) is 0 Å². The van der Waals surface area contributed by atoms with Crippen molar-refractivity contribution in [1.29, 1.82) is 0 Å². The van der Waals surface area contributed by atoms with Crippen LogP contribution in [0.1, 0.15) is 13.8 Å². The molecule has 0 spiro atoms. The van der Waals surface area contributed by atoms with E-state index in [9.17, 15) is 9.36 Å². The van der Waals surface area contributed by atoms with Crippen molar-refractivity contribution in [3.63, 3.8) is 0 Å². The summed E-state index contributed by atoms with van der Waals surface area (Å²) in [6.45, 7) is 2.86. The van der Waals surface area contributed by atoms with E-state index < -0.39 is 13.8 Å². The van der Waals surface area contributed by atoms with E-state index in [1.54, 1.807) is 13.8 Å². The molecule has 0 aliphatic carbocycles. The minimum Gasteiger partial charge on any atom is -0.463 e. The Labute approximate surface area is 76.1 Å². The molecule has 0 atom stereocenters. The summed E-state index contributed by atoms with van der Waals surface area (Å²) in [5.41, 5.74) is 0. The van der Waals surface area contributed by atoms with Crippen molar-refractivity contribution in [2.45, 2.75) is 13.8 Å². The molecule has 7 heteroatoms. The van der Waals surface area contributed by atoms with E-state index in [1.165, 1.54) is 0 Å². The Morgan fingerprint density at radius 2 is 1.92 bits per heavy atom. The van der Waals surface area contributed by atoms with Crippen LogP contribution >= 0.6 is 7.82 Å². The van der Waals surface area contributed by atoms with E-state index in [1.807, 2.05) is 0 Å². The predicted molar refractivity (Wildman–Crippen MR) is 43.8 cm³/mol. The molecule has 78 valence electrons. The van der Waals surface area contributed by atoms with Crippen molar-refractivity contribution in [1.82, 2.24) is 0 Å². The maximum atomic E-state index is 10.8. The molecule has 0 rings (SSSR count). The summed E-state index contributed by atoms with van der Waals surface area (Å²) >= 11 is 0. The molecule has 0 aliphatic rings. The minimum absolute atomic E-state index is 0.151. The van der Waals surface area contributed by atoms with Gasteiger partial charge in [0.2, 0.25) is 0 Å². The number of carbonyl (C=O) groups is 1. The molecule has 0 saturated carbocycles. The average Bonchev–Trinajstić information content (AvgIpc) is 1.95. The van der Waals surface area contributed by atoms with Gasteiger partial charge in [0.1, 0.15) is 6.61 Å². The summed E-state index contributed by atoms with van der Waals surface area (Å²) < 4.78 is 18.8. The first-order valence-corrected chi connectivity index (χ1v) is 5.22. The normalized spacial score (nSPS) is 11.8. The zero-order valence-corrected chi connectivity index (χ0v) is 8.36. The summed E-state index contributed by atoms with van der Waals surface area (Å²) in [4.78, 5) is 27.3. The Kier molecular flexibility index (Phi) is 5.17. The van der Waals surface area contributed by atoms with Gasteiger partial charge in [-0.3, -0.25) is 9.32 Å². The number of hydrogen-bond donors (Lipinski definition) is 2. The number of phosphoric acid groups is 1. The van der Waals surface area contributed by atoms with Crippen LogP contribution in [0.3, 0.4) is 0 Å². The third-order valence-corrected chi connectivity index (χ3v) is 1.58. The summed E-state index contributed by atoms with van der Waals surface area (Å²) in [5.74, 6) is -0.677. The lowest BCUT2D eigenvalue weighted by Gasteiger charge is -2.07. The maximum Gasteiger partial charge on any atom is 0.469 e. The van der Waals surface area contributed by atoms with Gasteiger partial charge in [-0.1, -0.05) is 13.8 Å². The smallest absolute Gasteiger partial charge is 0.463 e. The van der Waals surface area contributed by atoms with Gasteiger partial charge >= 0.3 is 13.8 Å². The maximum absolute atomic E-state index is 10.8. The third-order valence-electron chi connectivity index (χ3n) is 1.06. The molecule has 0 aromatic heterocycles. The second-order valence-electron chi connectivity index (χ2n) is 2.65. The van der Waals surface area contributed by atoms with Gasteiger partial charge in [0.15, 0.2) is 0 Å². The van der Waals surface area contributed by atoms with E-state index in [0.717, 1.165) is 0 Å². The highest BCUT2D eigenvalue weighted by atomic mass is 31.2. The molecule has 0 unspecified atom stereocenters. The van der Waals surface area contributed by atoms with E-state index >= 15 is 0 Å². The number of carbonyl (C=O) groups excluding carboxylic acids is 1. The van der Waals surface area contributed by atoms with Crippen LogP contribution in [0.4, 0.5) is 0 Å². The lowest BCUT2D eigenvalue weighted by atomic mass is 10.2. The molecule has 13 heavy (non-hydrogen) atoms. The van der Waals surface area contributed by atoms with Crippen LogP contribution in [0.25, 0.3) is 0 Å². The lowest BCUT2D eigenvalue weighted by Crippen LogP contribution is -2.14. The summed E-state index contributed by atoms with van der Waals surface area (Å²) in [6.07, 6.45) is 0. The first-order chi connectivity index (χ1) is 5.83. The largest absolute Gasteiger partial charge is 0.469 e. The quantitative estimate of drug-likeness (QED) is 0.386. The SMILES string of the molecule is CC(C)C(=O)OCCOP(=O)(O)O. The molecule has 0 aliphatic heterocycles. The number of ether oxygens (including phenoxy) is 1. The zero-order valence-electron chi connectivity index (χ0n) is 7.47. The van der Waals surface area contributed by atoms with Crippen LogP contribution in [0, 0.1) is 5.92 Å². The third kappa shape index (κ3) is 7.93. The molecule has 6 nitrogen and oxygen atoms in total. The fraction of sp³-hybridized carbons (Fsp3) is 0.833. The first-order valence-electron chi connectivity index (χ1n) is 3.69. The fourth-order valence-electron chi connectivity index (χ4n) is 0.465. The van der Waals surface area contributed by atoms with E-state index in [2.05, 4.69) is 9.26 Å². The average molecular weight is 212 g/mol. The molecule has 0 saturated heterocycles. The van der Waals surface area contributed by atoms with Gasteiger partial charge in [-0.25, -0.2) is 4.57 Å². The predicted octanol–water partition coefficient (Wildman–Crippen LogP) is 0.295. The van der Waals surface area contributed by atoms with Crippen molar-refractivity contribution in [2.24, 2.45) is 5.92 Å². The van der Waals surface area contributed by atoms with Crippen LogP contribution < -0.4 is 0 Å². The molecule has 0 amide bonds. The molecule has 0 aromatic carbocycles. The Morgan fingerprint density at radius 3 is 2.31 bits per heavy atom. The summed E-state index contributed by atoms with van der Waals surface area (Å²) in [7, 11) is -4.44. The van der Waals surface area contributed by atoms with E-state index in [-0.39, 0.29) is 19.1 Å². The standard InChI is InChI=1S/C6H13O6P/c1-5(2)6(7)11-3-4-12-13(8,9)10/h5H,3-4H2,1-2H3,(H2,8,9,10). The minimum atomic E-state index is -4.44. The number of phosphoric ester groups is 1. The monoisotopic (exact) mass is 212 g/mol. The Hall–Kier alpha value is -0.420. The molecule has 0 radical (unpaired) electrons. The number of esters is 1. The highest BCUT2D eigenvalue weighted by Gasteiger charge is 2.14. The van der Waals surface area contributed by atoms with Crippen LogP contribution in [0.5, 0.6) is 0 Å². The second-order valence-corrected chi connectivity index (χ2v) is 3.89. The summed E-state index contributed by atoms with van der Waals surface area (Å²) in [5, 5.41) is 0.